The molecule has 0 aliphatic rings. The van der Waals surface area contributed by atoms with E-state index in [0.29, 0.717) is 12.5 Å². The molecule has 0 fully saturated rings. The number of aromatic nitrogens is 2. The molecule has 0 saturated heterocycles. The Morgan fingerprint density at radius 2 is 2.15 bits per heavy atom. The third-order valence-electron chi connectivity index (χ3n) is 2.93. The molecule has 2 rings (SSSR count). The van der Waals surface area contributed by atoms with Crippen LogP contribution in [-0.4, -0.2) is 22.7 Å². The summed E-state index contributed by atoms with van der Waals surface area (Å²) < 4.78 is 5.59. The maximum atomic E-state index is 11.7. The Labute approximate surface area is 118 Å². The van der Waals surface area contributed by atoms with Crippen molar-refractivity contribution in [2.24, 2.45) is 0 Å². The minimum absolute atomic E-state index is 0.0118. The van der Waals surface area contributed by atoms with Crippen molar-refractivity contribution in [3.05, 3.63) is 47.8 Å². The van der Waals surface area contributed by atoms with Gasteiger partial charge in [-0.15, -0.1) is 0 Å². The van der Waals surface area contributed by atoms with Crippen molar-refractivity contribution in [3.63, 3.8) is 0 Å². The first kappa shape index (κ1) is 14.1. The lowest BCUT2D eigenvalue weighted by atomic mass is 10.0. The lowest BCUT2D eigenvalue weighted by Crippen LogP contribution is -2.28. The zero-order chi connectivity index (χ0) is 14.4. The van der Waals surface area contributed by atoms with Crippen LogP contribution < -0.4 is 10.1 Å². The number of H-pyrrole nitrogens is 1. The molecule has 0 aliphatic heterocycles. The summed E-state index contributed by atoms with van der Waals surface area (Å²) in [5, 5.41) is 9.37. The van der Waals surface area contributed by atoms with Crippen LogP contribution in [-0.2, 0) is 11.3 Å². The van der Waals surface area contributed by atoms with E-state index in [4.69, 9.17) is 4.74 Å². The van der Waals surface area contributed by atoms with E-state index in [0.717, 1.165) is 17.0 Å². The molecule has 0 spiro atoms. The Kier molecular flexibility index (Phi) is 4.76. The Balaban J connectivity index is 1.84. The Bertz CT molecular complexity index is 550. The van der Waals surface area contributed by atoms with Crippen LogP contribution in [0.25, 0.3) is 0 Å². The van der Waals surface area contributed by atoms with Crippen molar-refractivity contribution in [1.82, 2.24) is 15.5 Å². The number of carbonyl (C=O) groups is 1. The molecule has 0 unspecified atom stereocenters. The van der Waals surface area contributed by atoms with Gasteiger partial charge in [0, 0.05) is 6.20 Å². The number of para-hydroxylation sites is 1. The number of carbonyl (C=O) groups excluding carboxylic acids is 1. The normalized spacial score (nSPS) is 10.6. The van der Waals surface area contributed by atoms with E-state index in [2.05, 4.69) is 29.4 Å². The minimum Gasteiger partial charge on any atom is -0.483 e. The maximum Gasteiger partial charge on any atom is 0.258 e. The first-order valence-corrected chi connectivity index (χ1v) is 6.63. The predicted octanol–water partition coefficient (Wildman–Crippen LogP) is 2.23. The van der Waals surface area contributed by atoms with Crippen molar-refractivity contribution in [2.75, 3.05) is 6.61 Å². The van der Waals surface area contributed by atoms with Crippen molar-refractivity contribution in [1.29, 1.82) is 0 Å². The lowest BCUT2D eigenvalue weighted by molar-refractivity contribution is -0.123. The molecule has 0 saturated carbocycles. The number of hydrogen-bond acceptors (Lipinski definition) is 3. The van der Waals surface area contributed by atoms with Crippen molar-refractivity contribution >= 4 is 5.91 Å². The quantitative estimate of drug-likeness (QED) is 0.848. The van der Waals surface area contributed by atoms with Crippen LogP contribution in [0.3, 0.4) is 0 Å². The fourth-order valence-electron chi connectivity index (χ4n) is 1.86. The van der Waals surface area contributed by atoms with Gasteiger partial charge in [-0.2, -0.15) is 5.10 Å². The molecule has 0 aliphatic carbocycles. The summed E-state index contributed by atoms with van der Waals surface area (Å²) in [5.41, 5.74) is 1.97. The summed E-state index contributed by atoms with van der Waals surface area (Å²) in [4.78, 5) is 11.7. The average Bonchev–Trinajstić information content (AvgIpc) is 2.96. The predicted molar refractivity (Wildman–Crippen MR) is 76.5 cm³/mol. The molecule has 1 heterocycles. The molecule has 0 radical (unpaired) electrons. The molecule has 1 aromatic heterocycles. The third kappa shape index (κ3) is 3.85. The van der Waals surface area contributed by atoms with Crippen LogP contribution in [0, 0.1) is 0 Å². The highest BCUT2D eigenvalue weighted by Gasteiger charge is 2.09. The van der Waals surface area contributed by atoms with Crippen LogP contribution >= 0.6 is 0 Å². The summed E-state index contributed by atoms with van der Waals surface area (Å²) in [6, 6.07) is 9.60. The van der Waals surface area contributed by atoms with E-state index in [9.17, 15) is 4.79 Å². The van der Waals surface area contributed by atoms with Gasteiger partial charge in [0.25, 0.3) is 5.91 Å². The molecule has 2 N–H and O–H groups in total. The lowest BCUT2D eigenvalue weighted by Gasteiger charge is -2.13. The third-order valence-corrected chi connectivity index (χ3v) is 2.93. The highest BCUT2D eigenvalue weighted by atomic mass is 16.5. The Morgan fingerprint density at radius 1 is 1.35 bits per heavy atom. The average molecular weight is 273 g/mol. The summed E-state index contributed by atoms with van der Waals surface area (Å²) in [7, 11) is 0. The molecule has 1 amide bonds. The largest absolute Gasteiger partial charge is 0.483 e. The molecular formula is C15H19N3O2. The number of ether oxygens (including phenoxy) is 1. The van der Waals surface area contributed by atoms with E-state index in [1.807, 2.05) is 30.3 Å². The summed E-state index contributed by atoms with van der Waals surface area (Å²) in [6.45, 7) is 4.63. The van der Waals surface area contributed by atoms with Gasteiger partial charge in [0.1, 0.15) is 5.75 Å². The molecule has 0 atom stereocenters. The number of aromatic amines is 1. The number of hydrogen-bond donors (Lipinski definition) is 2. The molecule has 2 aromatic rings. The van der Waals surface area contributed by atoms with E-state index in [-0.39, 0.29) is 12.5 Å². The zero-order valence-electron chi connectivity index (χ0n) is 11.7. The van der Waals surface area contributed by atoms with Gasteiger partial charge < -0.3 is 10.1 Å². The second kappa shape index (κ2) is 6.75. The van der Waals surface area contributed by atoms with Crippen LogP contribution in [0.4, 0.5) is 0 Å². The molecule has 20 heavy (non-hydrogen) atoms. The number of nitrogens with zero attached hydrogens (tertiary/aromatic N) is 1. The highest BCUT2D eigenvalue weighted by Crippen LogP contribution is 2.25. The first-order valence-electron chi connectivity index (χ1n) is 6.63. The van der Waals surface area contributed by atoms with Crippen LogP contribution in [0.5, 0.6) is 5.75 Å². The van der Waals surface area contributed by atoms with E-state index in [1.165, 1.54) is 0 Å². The standard InChI is InChI=1S/C15H19N3O2/c1-11(2)13-5-3-4-6-14(13)20-10-15(19)16-9-12-7-8-17-18-12/h3-8,11H,9-10H2,1-2H3,(H,16,19)(H,17,18). The number of nitrogens with one attached hydrogen (secondary N) is 2. The Morgan fingerprint density at radius 3 is 2.85 bits per heavy atom. The van der Waals surface area contributed by atoms with Gasteiger partial charge in [0.15, 0.2) is 6.61 Å². The van der Waals surface area contributed by atoms with Crippen LogP contribution in [0.2, 0.25) is 0 Å². The maximum absolute atomic E-state index is 11.7. The number of amides is 1. The summed E-state index contributed by atoms with van der Waals surface area (Å²) >= 11 is 0. The van der Waals surface area contributed by atoms with Crippen molar-refractivity contribution in [3.8, 4) is 5.75 Å². The minimum atomic E-state index is -0.154. The second-order valence-electron chi connectivity index (χ2n) is 4.84. The molecule has 0 bridgehead atoms. The molecule has 5 nitrogen and oxygen atoms in total. The molecule has 1 aromatic carbocycles. The fourth-order valence-corrected chi connectivity index (χ4v) is 1.86. The van der Waals surface area contributed by atoms with E-state index < -0.39 is 0 Å². The van der Waals surface area contributed by atoms with Crippen LogP contribution in [0.1, 0.15) is 31.0 Å². The van der Waals surface area contributed by atoms with Gasteiger partial charge in [-0.1, -0.05) is 32.0 Å². The number of rotatable bonds is 6. The summed E-state index contributed by atoms with van der Waals surface area (Å²) in [5.74, 6) is 0.969. The topological polar surface area (TPSA) is 67.0 Å². The Hall–Kier alpha value is -2.30. The fraction of sp³-hybridized carbons (Fsp3) is 0.333. The van der Waals surface area contributed by atoms with E-state index >= 15 is 0 Å². The zero-order valence-corrected chi connectivity index (χ0v) is 11.7. The first-order chi connectivity index (χ1) is 9.66. The van der Waals surface area contributed by atoms with E-state index in [1.54, 1.807) is 6.20 Å². The van der Waals surface area contributed by atoms with Gasteiger partial charge in [-0.3, -0.25) is 9.89 Å². The SMILES string of the molecule is CC(C)c1ccccc1OCC(=O)NCc1ccn[nH]1. The van der Waals surface area contributed by atoms with Gasteiger partial charge >= 0.3 is 0 Å². The smallest absolute Gasteiger partial charge is 0.258 e. The van der Waals surface area contributed by atoms with Gasteiger partial charge in [0.05, 0.1) is 12.2 Å². The second-order valence-corrected chi connectivity index (χ2v) is 4.84. The van der Waals surface area contributed by atoms with Gasteiger partial charge in [0.2, 0.25) is 0 Å². The summed E-state index contributed by atoms with van der Waals surface area (Å²) in [6.07, 6.45) is 1.65. The molecule has 106 valence electrons. The van der Waals surface area contributed by atoms with Crippen LogP contribution in [0.15, 0.2) is 36.5 Å². The monoisotopic (exact) mass is 273 g/mol. The van der Waals surface area contributed by atoms with Gasteiger partial charge in [-0.25, -0.2) is 0 Å². The van der Waals surface area contributed by atoms with Gasteiger partial charge in [-0.05, 0) is 23.6 Å². The van der Waals surface area contributed by atoms with Crippen molar-refractivity contribution < 1.29 is 9.53 Å². The highest BCUT2D eigenvalue weighted by molar-refractivity contribution is 5.77. The molecule has 5 heteroatoms. The number of benzene rings is 1. The molecular weight excluding hydrogens is 254 g/mol. The van der Waals surface area contributed by atoms with Crippen molar-refractivity contribution in [2.45, 2.75) is 26.3 Å².